The van der Waals surface area contributed by atoms with Crippen LogP contribution in [0.5, 0.6) is 23.0 Å². The molecule has 3 rings (SSSR count). The molecule has 0 aliphatic rings. The minimum absolute atomic E-state index is 0.0226. The lowest BCUT2D eigenvalue weighted by Crippen LogP contribution is -2.15. The lowest BCUT2D eigenvalue weighted by molar-refractivity contribution is 0.0728. The van der Waals surface area contributed by atoms with Crippen molar-refractivity contribution in [3.8, 4) is 23.0 Å². The SMILES string of the molecule is COc1ccccc1C(=O)Oc1cc(OC(=O)c2ccccc2OC)c(C(C)=O)cc1C(C)=O. The fourth-order valence-electron chi connectivity index (χ4n) is 3.22. The number of para-hydroxylation sites is 2. The second-order valence-electron chi connectivity index (χ2n) is 7.14. The second kappa shape index (κ2) is 10.4. The van der Waals surface area contributed by atoms with Gasteiger partial charge in [-0.05, 0) is 44.2 Å². The predicted molar refractivity (Wildman–Crippen MR) is 122 cm³/mol. The van der Waals surface area contributed by atoms with E-state index in [0.29, 0.717) is 0 Å². The van der Waals surface area contributed by atoms with Crippen molar-refractivity contribution in [3.05, 3.63) is 82.9 Å². The Morgan fingerprint density at radius 2 is 0.912 bits per heavy atom. The van der Waals surface area contributed by atoms with Gasteiger partial charge in [0.15, 0.2) is 11.6 Å². The average molecular weight is 462 g/mol. The van der Waals surface area contributed by atoms with Crippen LogP contribution in [0.2, 0.25) is 0 Å². The number of methoxy groups -OCH3 is 2. The number of carbonyl (C=O) groups is 4. The molecular formula is C26H22O8. The molecule has 8 heteroatoms. The van der Waals surface area contributed by atoms with Gasteiger partial charge in [0.25, 0.3) is 0 Å². The third-order valence-electron chi connectivity index (χ3n) is 4.90. The fraction of sp³-hybridized carbons (Fsp3) is 0.154. The number of esters is 2. The van der Waals surface area contributed by atoms with Crippen LogP contribution in [0.25, 0.3) is 0 Å². The Balaban J connectivity index is 2.05. The Morgan fingerprint density at radius 3 is 1.26 bits per heavy atom. The number of ketones is 2. The zero-order valence-electron chi connectivity index (χ0n) is 19.0. The molecule has 0 saturated heterocycles. The first-order chi connectivity index (χ1) is 16.3. The van der Waals surface area contributed by atoms with Crippen LogP contribution in [-0.2, 0) is 0 Å². The van der Waals surface area contributed by atoms with Crippen molar-refractivity contribution in [2.45, 2.75) is 13.8 Å². The van der Waals surface area contributed by atoms with Gasteiger partial charge in [0.05, 0.1) is 25.3 Å². The van der Waals surface area contributed by atoms with E-state index in [-0.39, 0.29) is 45.3 Å². The minimum Gasteiger partial charge on any atom is -0.496 e. The summed E-state index contributed by atoms with van der Waals surface area (Å²) in [5, 5.41) is 0. The van der Waals surface area contributed by atoms with Crippen molar-refractivity contribution in [2.75, 3.05) is 14.2 Å². The summed E-state index contributed by atoms with van der Waals surface area (Å²) in [6.07, 6.45) is 0. The molecule has 0 aliphatic heterocycles. The summed E-state index contributed by atoms with van der Waals surface area (Å²) >= 11 is 0. The van der Waals surface area contributed by atoms with Gasteiger partial charge < -0.3 is 18.9 Å². The van der Waals surface area contributed by atoms with E-state index in [2.05, 4.69) is 0 Å². The summed E-state index contributed by atoms with van der Waals surface area (Å²) in [5.41, 5.74) is 0.210. The molecule has 0 saturated carbocycles. The molecule has 0 amide bonds. The van der Waals surface area contributed by atoms with Gasteiger partial charge in [-0.3, -0.25) is 9.59 Å². The lowest BCUT2D eigenvalue weighted by atomic mass is 10.0. The molecule has 0 spiro atoms. The van der Waals surface area contributed by atoms with Crippen molar-refractivity contribution >= 4 is 23.5 Å². The van der Waals surface area contributed by atoms with E-state index in [1.54, 1.807) is 36.4 Å². The van der Waals surface area contributed by atoms with Gasteiger partial charge >= 0.3 is 11.9 Å². The standard InChI is InChI=1S/C26H22O8/c1-15(27)19-13-20(16(2)28)24(34-26(30)18-10-6-8-12-22(18)32-4)14-23(19)33-25(29)17-9-5-7-11-21(17)31-3/h5-14H,1-4H3. The van der Waals surface area contributed by atoms with E-state index < -0.39 is 23.5 Å². The Labute approximate surface area is 196 Å². The monoisotopic (exact) mass is 462 g/mol. The molecule has 8 nitrogen and oxygen atoms in total. The Morgan fingerprint density at radius 1 is 0.529 bits per heavy atom. The maximum absolute atomic E-state index is 12.8. The Bertz CT molecular complexity index is 1180. The van der Waals surface area contributed by atoms with Crippen LogP contribution >= 0.6 is 0 Å². The molecule has 0 unspecified atom stereocenters. The quantitative estimate of drug-likeness (QED) is 0.273. The van der Waals surface area contributed by atoms with Gasteiger partial charge in [-0.25, -0.2) is 9.59 Å². The highest BCUT2D eigenvalue weighted by Gasteiger charge is 2.24. The summed E-state index contributed by atoms with van der Waals surface area (Å²) in [7, 11) is 2.81. The molecule has 0 fully saturated rings. The second-order valence-corrected chi connectivity index (χ2v) is 7.14. The van der Waals surface area contributed by atoms with Crippen LogP contribution in [0.1, 0.15) is 55.3 Å². The molecule has 0 N–H and O–H groups in total. The maximum atomic E-state index is 12.8. The Kier molecular flexibility index (Phi) is 7.43. The van der Waals surface area contributed by atoms with E-state index in [9.17, 15) is 19.2 Å². The minimum atomic E-state index is -0.794. The number of ether oxygens (including phenoxy) is 4. The van der Waals surface area contributed by atoms with Crippen LogP contribution in [0.15, 0.2) is 60.7 Å². The largest absolute Gasteiger partial charge is 0.496 e. The summed E-state index contributed by atoms with van der Waals surface area (Å²) in [6.45, 7) is 2.53. The maximum Gasteiger partial charge on any atom is 0.347 e. The number of rotatable bonds is 8. The van der Waals surface area contributed by atoms with Crippen molar-refractivity contribution in [1.29, 1.82) is 0 Å². The number of hydrogen-bond acceptors (Lipinski definition) is 8. The normalized spacial score (nSPS) is 10.2. The third-order valence-corrected chi connectivity index (χ3v) is 4.90. The first kappa shape index (κ1) is 24.2. The fourth-order valence-corrected chi connectivity index (χ4v) is 3.22. The third kappa shape index (κ3) is 5.12. The molecule has 0 aliphatic carbocycles. The van der Waals surface area contributed by atoms with E-state index in [1.807, 2.05) is 0 Å². The molecule has 0 bridgehead atoms. The zero-order valence-corrected chi connectivity index (χ0v) is 19.0. The molecule has 0 radical (unpaired) electrons. The van der Waals surface area contributed by atoms with Gasteiger partial charge in [0.2, 0.25) is 0 Å². The number of hydrogen-bond donors (Lipinski definition) is 0. The van der Waals surface area contributed by atoms with Gasteiger partial charge in [-0.2, -0.15) is 0 Å². The number of benzene rings is 3. The van der Waals surface area contributed by atoms with E-state index in [1.165, 1.54) is 52.3 Å². The molecule has 0 heterocycles. The summed E-state index contributed by atoms with van der Waals surface area (Å²) in [4.78, 5) is 50.2. The smallest absolute Gasteiger partial charge is 0.347 e. The highest BCUT2D eigenvalue weighted by Crippen LogP contribution is 2.33. The topological polar surface area (TPSA) is 105 Å². The van der Waals surface area contributed by atoms with Gasteiger partial charge in [-0.15, -0.1) is 0 Å². The number of carbonyl (C=O) groups excluding carboxylic acids is 4. The van der Waals surface area contributed by atoms with Crippen molar-refractivity contribution in [3.63, 3.8) is 0 Å². The first-order valence-electron chi connectivity index (χ1n) is 10.2. The van der Waals surface area contributed by atoms with Crippen molar-refractivity contribution < 1.29 is 38.1 Å². The highest BCUT2D eigenvalue weighted by atomic mass is 16.5. The van der Waals surface area contributed by atoms with E-state index in [4.69, 9.17) is 18.9 Å². The van der Waals surface area contributed by atoms with E-state index in [0.717, 1.165) is 0 Å². The lowest BCUT2D eigenvalue weighted by Gasteiger charge is -2.15. The van der Waals surface area contributed by atoms with Crippen LogP contribution < -0.4 is 18.9 Å². The Hall–Kier alpha value is -4.46. The molecule has 34 heavy (non-hydrogen) atoms. The molecule has 0 atom stereocenters. The molecule has 0 aromatic heterocycles. The highest BCUT2D eigenvalue weighted by molar-refractivity contribution is 6.05. The molecule has 3 aromatic carbocycles. The van der Waals surface area contributed by atoms with Crippen LogP contribution in [0.4, 0.5) is 0 Å². The molecule has 174 valence electrons. The summed E-state index contributed by atoms with van der Waals surface area (Å²) < 4.78 is 21.3. The van der Waals surface area contributed by atoms with Gasteiger partial charge in [0, 0.05) is 6.07 Å². The van der Waals surface area contributed by atoms with Gasteiger partial charge in [-0.1, -0.05) is 24.3 Å². The average Bonchev–Trinajstić information content (AvgIpc) is 2.83. The zero-order chi connectivity index (χ0) is 24.8. The predicted octanol–water partition coefficient (Wildman–Crippen LogP) is 4.55. The van der Waals surface area contributed by atoms with Gasteiger partial charge in [0.1, 0.15) is 34.1 Å². The first-order valence-corrected chi connectivity index (χ1v) is 10.2. The van der Waals surface area contributed by atoms with Crippen LogP contribution in [0, 0.1) is 0 Å². The summed E-state index contributed by atoms with van der Waals surface area (Å²) in [6, 6.07) is 15.2. The van der Waals surface area contributed by atoms with E-state index >= 15 is 0 Å². The van der Waals surface area contributed by atoms with Crippen LogP contribution in [0.3, 0.4) is 0 Å². The molecular weight excluding hydrogens is 440 g/mol. The van der Waals surface area contributed by atoms with Crippen molar-refractivity contribution in [1.82, 2.24) is 0 Å². The number of Topliss-reactive ketones (excluding diaryl/α,β-unsaturated/α-hetero) is 2. The molecule has 3 aromatic rings. The van der Waals surface area contributed by atoms with Crippen molar-refractivity contribution in [2.24, 2.45) is 0 Å². The summed E-state index contributed by atoms with van der Waals surface area (Å²) in [5.74, 6) is -2.27. The van der Waals surface area contributed by atoms with Crippen LogP contribution in [-0.4, -0.2) is 37.7 Å².